The van der Waals surface area contributed by atoms with Gasteiger partial charge in [0.05, 0.1) is 5.54 Å². The van der Waals surface area contributed by atoms with Crippen LogP contribution in [0.5, 0.6) is 0 Å². The minimum absolute atomic E-state index is 0.0766. The van der Waals surface area contributed by atoms with Crippen LogP contribution in [0.1, 0.15) is 39.2 Å². The van der Waals surface area contributed by atoms with Gasteiger partial charge in [0.2, 0.25) is 0 Å². The summed E-state index contributed by atoms with van der Waals surface area (Å²) in [5.74, 6) is 0. The second-order valence-electron chi connectivity index (χ2n) is 5.51. The fourth-order valence-electron chi connectivity index (χ4n) is 2.20. The summed E-state index contributed by atoms with van der Waals surface area (Å²) in [4.78, 5) is 14.4. The fraction of sp³-hybridized carbons (Fsp3) is 0.562. The van der Waals surface area contributed by atoms with Crippen molar-refractivity contribution in [2.24, 2.45) is 5.73 Å². The van der Waals surface area contributed by atoms with Gasteiger partial charge in [-0.3, -0.25) is 0 Å². The Balaban J connectivity index is 2.89. The lowest BCUT2D eigenvalue weighted by molar-refractivity contribution is 0.135. The van der Waals surface area contributed by atoms with Crippen molar-refractivity contribution in [1.82, 2.24) is 4.90 Å². The third-order valence-electron chi connectivity index (χ3n) is 3.81. The van der Waals surface area contributed by atoms with Gasteiger partial charge in [0, 0.05) is 18.8 Å². The highest BCUT2D eigenvalue weighted by molar-refractivity contribution is 5.90. The molecule has 0 aromatic heterocycles. The number of hydrogen-bond donors (Lipinski definition) is 2. The van der Waals surface area contributed by atoms with Gasteiger partial charge in [0.1, 0.15) is 0 Å². The van der Waals surface area contributed by atoms with E-state index in [1.54, 1.807) is 0 Å². The Morgan fingerprint density at radius 3 is 2.60 bits per heavy atom. The van der Waals surface area contributed by atoms with Gasteiger partial charge < -0.3 is 16.0 Å². The summed E-state index contributed by atoms with van der Waals surface area (Å²) in [5, 5.41) is 2.97. The molecule has 112 valence electrons. The van der Waals surface area contributed by atoms with E-state index in [9.17, 15) is 4.79 Å². The molecule has 20 heavy (non-hydrogen) atoms. The monoisotopic (exact) mass is 277 g/mol. The summed E-state index contributed by atoms with van der Waals surface area (Å²) in [7, 11) is 0. The van der Waals surface area contributed by atoms with Crippen LogP contribution < -0.4 is 11.1 Å². The standard InChI is InChI=1S/C16H27N3O/c1-5-10-19(16(4,6-2)12-17)15(20)18-14-9-7-8-13(3)11-14/h7-9,11H,5-6,10,12,17H2,1-4H3,(H,18,20). The molecule has 0 aliphatic carbocycles. The molecule has 0 radical (unpaired) electrons. The Hall–Kier alpha value is -1.55. The zero-order valence-corrected chi connectivity index (χ0v) is 13.1. The minimum atomic E-state index is -0.302. The normalized spacial score (nSPS) is 13.7. The van der Waals surface area contributed by atoms with Crippen LogP contribution in [0.15, 0.2) is 24.3 Å². The number of carbonyl (C=O) groups is 1. The van der Waals surface area contributed by atoms with Crippen molar-refractivity contribution < 1.29 is 4.79 Å². The molecule has 0 bridgehead atoms. The Morgan fingerprint density at radius 1 is 1.40 bits per heavy atom. The maximum absolute atomic E-state index is 12.5. The molecule has 2 amide bonds. The number of benzene rings is 1. The summed E-state index contributed by atoms with van der Waals surface area (Å²) in [5.41, 5.74) is 7.53. The molecule has 0 saturated carbocycles. The van der Waals surface area contributed by atoms with E-state index in [1.807, 2.05) is 43.0 Å². The van der Waals surface area contributed by atoms with Gasteiger partial charge in [-0.15, -0.1) is 0 Å². The predicted molar refractivity (Wildman–Crippen MR) is 84.9 cm³/mol. The molecule has 4 nitrogen and oxygen atoms in total. The quantitative estimate of drug-likeness (QED) is 0.837. The smallest absolute Gasteiger partial charge is 0.322 e. The van der Waals surface area contributed by atoms with Crippen molar-refractivity contribution in [3.8, 4) is 0 Å². The second-order valence-corrected chi connectivity index (χ2v) is 5.51. The molecule has 1 unspecified atom stereocenters. The van der Waals surface area contributed by atoms with E-state index in [1.165, 1.54) is 0 Å². The zero-order valence-electron chi connectivity index (χ0n) is 13.1. The number of nitrogens with zero attached hydrogens (tertiary/aromatic N) is 1. The summed E-state index contributed by atoms with van der Waals surface area (Å²) >= 11 is 0. The molecule has 0 aliphatic rings. The zero-order chi connectivity index (χ0) is 15.2. The van der Waals surface area contributed by atoms with Crippen LogP contribution in [0.2, 0.25) is 0 Å². The molecule has 1 aromatic rings. The van der Waals surface area contributed by atoms with E-state index in [0.717, 1.165) is 24.1 Å². The average Bonchev–Trinajstić information content (AvgIpc) is 2.44. The predicted octanol–water partition coefficient (Wildman–Crippen LogP) is 3.37. The summed E-state index contributed by atoms with van der Waals surface area (Å²) in [6.07, 6.45) is 1.75. The van der Waals surface area contributed by atoms with Crippen LogP contribution in [0.25, 0.3) is 0 Å². The molecule has 3 N–H and O–H groups in total. The van der Waals surface area contributed by atoms with E-state index in [2.05, 4.69) is 19.2 Å². The van der Waals surface area contributed by atoms with E-state index >= 15 is 0 Å². The van der Waals surface area contributed by atoms with Crippen LogP contribution in [-0.2, 0) is 0 Å². The molecule has 0 saturated heterocycles. The number of aryl methyl sites for hydroxylation is 1. The van der Waals surface area contributed by atoms with E-state index in [-0.39, 0.29) is 11.6 Å². The van der Waals surface area contributed by atoms with Gasteiger partial charge >= 0.3 is 6.03 Å². The molecule has 4 heteroatoms. The Labute approximate surface area is 122 Å². The SMILES string of the molecule is CCCN(C(=O)Nc1cccc(C)c1)C(C)(CC)CN. The van der Waals surface area contributed by atoms with Gasteiger partial charge in [-0.05, 0) is 44.4 Å². The molecule has 0 fully saturated rings. The average molecular weight is 277 g/mol. The molecule has 1 aromatic carbocycles. The number of hydrogen-bond acceptors (Lipinski definition) is 2. The lowest BCUT2D eigenvalue weighted by Crippen LogP contribution is -2.55. The highest BCUT2D eigenvalue weighted by atomic mass is 16.2. The van der Waals surface area contributed by atoms with Crippen molar-refractivity contribution in [2.75, 3.05) is 18.4 Å². The molecule has 0 heterocycles. The van der Waals surface area contributed by atoms with E-state index in [0.29, 0.717) is 13.1 Å². The van der Waals surface area contributed by atoms with Gasteiger partial charge in [-0.2, -0.15) is 0 Å². The number of nitrogens with two attached hydrogens (primary N) is 1. The Morgan fingerprint density at radius 2 is 2.10 bits per heavy atom. The number of nitrogens with one attached hydrogen (secondary N) is 1. The molecular weight excluding hydrogens is 250 g/mol. The molecule has 0 spiro atoms. The van der Waals surface area contributed by atoms with Crippen molar-refractivity contribution in [3.05, 3.63) is 29.8 Å². The maximum atomic E-state index is 12.5. The van der Waals surface area contributed by atoms with Gasteiger partial charge in [0.15, 0.2) is 0 Å². The summed E-state index contributed by atoms with van der Waals surface area (Å²) < 4.78 is 0. The molecule has 0 aliphatic heterocycles. The lowest BCUT2D eigenvalue weighted by Gasteiger charge is -2.40. The highest BCUT2D eigenvalue weighted by Crippen LogP contribution is 2.20. The number of carbonyl (C=O) groups excluding carboxylic acids is 1. The van der Waals surface area contributed by atoms with Crippen LogP contribution in [0.4, 0.5) is 10.5 Å². The highest BCUT2D eigenvalue weighted by Gasteiger charge is 2.31. The third-order valence-corrected chi connectivity index (χ3v) is 3.81. The van der Waals surface area contributed by atoms with E-state index in [4.69, 9.17) is 5.73 Å². The summed E-state index contributed by atoms with van der Waals surface area (Å²) in [6.45, 7) is 9.35. The second kappa shape index (κ2) is 7.29. The minimum Gasteiger partial charge on any atom is -0.328 e. The fourth-order valence-corrected chi connectivity index (χ4v) is 2.20. The largest absolute Gasteiger partial charge is 0.328 e. The van der Waals surface area contributed by atoms with Crippen molar-refractivity contribution in [3.63, 3.8) is 0 Å². The van der Waals surface area contributed by atoms with Crippen molar-refractivity contribution in [2.45, 2.75) is 46.1 Å². The van der Waals surface area contributed by atoms with Crippen LogP contribution >= 0.6 is 0 Å². The van der Waals surface area contributed by atoms with E-state index < -0.39 is 0 Å². The van der Waals surface area contributed by atoms with Crippen molar-refractivity contribution >= 4 is 11.7 Å². The molecule has 1 atom stereocenters. The van der Waals surface area contributed by atoms with Gasteiger partial charge in [-0.1, -0.05) is 26.0 Å². The Kier molecular flexibility index (Phi) is 6.02. The first kappa shape index (κ1) is 16.5. The number of amides is 2. The number of urea groups is 1. The third kappa shape index (κ3) is 3.97. The lowest BCUT2D eigenvalue weighted by atomic mass is 9.96. The van der Waals surface area contributed by atoms with Crippen LogP contribution in [0.3, 0.4) is 0 Å². The topological polar surface area (TPSA) is 58.4 Å². The summed E-state index contributed by atoms with van der Waals surface area (Å²) in [6, 6.07) is 7.74. The first-order valence-electron chi connectivity index (χ1n) is 7.32. The van der Waals surface area contributed by atoms with Crippen molar-refractivity contribution in [1.29, 1.82) is 0 Å². The number of anilines is 1. The maximum Gasteiger partial charge on any atom is 0.322 e. The van der Waals surface area contributed by atoms with Gasteiger partial charge in [0.25, 0.3) is 0 Å². The van der Waals surface area contributed by atoms with Crippen LogP contribution in [0, 0.1) is 6.92 Å². The first-order valence-corrected chi connectivity index (χ1v) is 7.32. The Bertz CT molecular complexity index is 441. The first-order chi connectivity index (χ1) is 9.46. The van der Waals surface area contributed by atoms with Crippen LogP contribution in [-0.4, -0.2) is 29.6 Å². The van der Waals surface area contributed by atoms with Gasteiger partial charge in [-0.25, -0.2) is 4.79 Å². The molecular formula is C16H27N3O. The number of rotatable bonds is 6. The molecule has 1 rings (SSSR count).